The van der Waals surface area contributed by atoms with Crippen molar-refractivity contribution in [2.75, 3.05) is 6.73 Å². The smallest absolute Gasteiger partial charge is 0.249 e. The SMILES string of the molecule is O=C(/C=C(/Cl)Cc1ccccc1)N(CO)C1CCCC1. The molecule has 108 valence electrons. The van der Waals surface area contributed by atoms with E-state index < -0.39 is 0 Å². The van der Waals surface area contributed by atoms with Gasteiger partial charge in [-0.3, -0.25) is 4.79 Å². The second-order valence-electron chi connectivity index (χ2n) is 5.14. The Morgan fingerprint density at radius 3 is 2.55 bits per heavy atom. The summed E-state index contributed by atoms with van der Waals surface area (Å²) in [6, 6.07) is 9.94. The number of aliphatic hydroxyl groups is 1. The quantitative estimate of drug-likeness (QED) is 0.669. The van der Waals surface area contributed by atoms with Crippen molar-refractivity contribution in [3.63, 3.8) is 0 Å². The maximum absolute atomic E-state index is 12.2. The van der Waals surface area contributed by atoms with Crippen LogP contribution in [0.25, 0.3) is 0 Å². The van der Waals surface area contributed by atoms with E-state index in [1.807, 2.05) is 30.3 Å². The lowest BCUT2D eigenvalue weighted by Gasteiger charge is -2.25. The highest BCUT2D eigenvalue weighted by molar-refractivity contribution is 6.31. The van der Waals surface area contributed by atoms with Crippen LogP contribution in [0.2, 0.25) is 0 Å². The Hall–Kier alpha value is -1.32. The first-order valence-corrected chi connectivity index (χ1v) is 7.40. The summed E-state index contributed by atoms with van der Waals surface area (Å²) in [5, 5.41) is 9.89. The molecule has 0 bridgehead atoms. The molecule has 1 fully saturated rings. The van der Waals surface area contributed by atoms with E-state index in [4.69, 9.17) is 11.6 Å². The highest BCUT2D eigenvalue weighted by Gasteiger charge is 2.24. The fraction of sp³-hybridized carbons (Fsp3) is 0.438. The number of allylic oxidation sites excluding steroid dienone is 1. The first-order chi connectivity index (χ1) is 9.70. The van der Waals surface area contributed by atoms with E-state index in [-0.39, 0.29) is 18.7 Å². The van der Waals surface area contributed by atoms with Crippen molar-refractivity contribution in [1.29, 1.82) is 0 Å². The number of benzene rings is 1. The van der Waals surface area contributed by atoms with Gasteiger partial charge < -0.3 is 10.0 Å². The molecule has 0 atom stereocenters. The van der Waals surface area contributed by atoms with Crippen LogP contribution >= 0.6 is 11.6 Å². The van der Waals surface area contributed by atoms with Crippen LogP contribution in [-0.4, -0.2) is 28.7 Å². The summed E-state index contributed by atoms with van der Waals surface area (Å²) in [7, 11) is 0. The molecule has 1 aliphatic rings. The van der Waals surface area contributed by atoms with E-state index in [0.29, 0.717) is 11.5 Å². The van der Waals surface area contributed by atoms with Crippen molar-refractivity contribution in [2.24, 2.45) is 0 Å². The molecule has 1 amide bonds. The minimum absolute atomic E-state index is 0.157. The van der Waals surface area contributed by atoms with Gasteiger partial charge in [-0.1, -0.05) is 54.8 Å². The van der Waals surface area contributed by atoms with Crippen molar-refractivity contribution in [1.82, 2.24) is 4.90 Å². The van der Waals surface area contributed by atoms with Crippen molar-refractivity contribution in [3.05, 3.63) is 47.0 Å². The fourth-order valence-electron chi connectivity index (χ4n) is 2.64. The number of hydrogen-bond donors (Lipinski definition) is 1. The maximum atomic E-state index is 12.2. The topological polar surface area (TPSA) is 40.5 Å². The minimum atomic E-state index is -0.241. The number of nitrogens with zero attached hydrogens (tertiary/aromatic N) is 1. The van der Waals surface area contributed by atoms with Gasteiger partial charge in [-0.2, -0.15) is 0 Å². The lowest BCUT2D eigenvalue weighted by Crippen LogP contribution is -2.38. The molecule has 1 saturated carbocycles. The summed E-state index contributed by atoms with van der Waals surface area (Å²) in [6.45, 7) is -0.241. The van der Waals surface area contributed by atoms with Crippen molar-refractivity contribution in [2.45, 2.75) is 38.1 Å². The average Bonchev–Trinajstić information content (AvgIpc) is 2.94. The Labute approximate surface area is 124 Å². The van der Waals surface area contributed by atoms with E-state index in [2.05, 4.69) is 0 Å². The summed E-state index contributed by atoms with van der Waals surface area (Å²) in [6.07, 6.45) is 6.15. The van der Waals surface area contributed by atoms with Crippen LogP contribution in [0, 0.1) is 0 Å². The predicted molar refractivity (Wildman–Crippen MR) is 80.3 cm³/mol. The molecule has 1 N–H and O–H groups in total. The highest BCUT2D eigenvalue weighted by Crippen LogP contribution is 2.24. The van der Waals surface area contributed by atoms with Crippen LogP contribution in [0.15, 0.2) is 41.4 Å². The molecule has 2 rings (SSSR count). The van der Waals surface area contributed by atoms with Gasteiger partial charge in [0.15, 0.2) is 0 Å². The molecular formula is C16H20ClNO2. The molecule has 3 nitrogen and oxygen atoms in total. The molecule has 0 radical (unpaired) electrons. The zero-order valence-electron chi connectivity index (χ0n) is 11.5. The fourth-order valence-corrected chi connectivity index (χ4v) is 2.89. The zero-order valence-corrected chi connectivity index (χ0v) is 12.2. The summed E-state index contributed by atoms with van der Waals surface area (Å²) >= 11 is 6.15. The predicted octanol–water partition coefficient (Wildman–Crippen LogP) is 3.07. The number of halogens is 1. The van der Waals surface area contributed by atoms with Crippen LogP contribution in [0.1, 0.15) is 31.2 Å². The maximum Gasteiger partial charge on any atom is 0.249 e. The van der Waals surface area contributed by atoms with E-state index in [0.717, 1.165) is 31.2 Å². The molecule has 0 aliphatic heterocycles. The average molecular weight is 294 g/mol. The number of carbonyl (C=O) groups is 1. The van der Waals surface area contributed by atoms with Gasteiger partial charge in [0.05, 0.1) is 0 Å². The Balaban J connectivity index is 1.98. The largest absolute Gasteiger partial charge is 0.376 e. The molecule has 4 heteroatoms. The van der Waals surface area contributed by atoms with Crippen molar-refractivity contribution < 1.29 is 9.90 Å². The third-order valence-corrected chi connectivity index (χ3v) is 3.94. The first kappa shape index (κ1) is 15.1. The summed E-state index contributed by atoms with van der Waals surface area (Å²) in [5.74, 6) is -0.194. The molecule has 0 unspecified atom stereocenters. The normalized spacial score (nSPS) is 16.4. The molecule has 1 aromatic rings. The van der Waals surface area contributed by atoms with Crippen LogP contribution in [0.3, 0.4) is 0 Å². The standard InChI is InChI=1S/C16H20ClNO2/c17-14(10-13-6-2-1-3-7-13)11-16(20)18(12-19)15-8-4-5-9-15/h1-3,6-7,11,15,19H,4-5,8-10,12H2/b14-11+. The minimum Gasteiger partial charge on any atom is -0.376 e. The Bertz CT molecular complexity index is 467. The lowest BCUT2D eigenvalue weighted by atomic mass is 10.1. The van der Waals surface area contributed by atoms with E-state index in [1.54, 1.807) is 0 Å². The van der Waals surface area contributed by atoms with Crippen molar-refractivity contribution in [3.8, 4) is 0 Å². The Morgan fingerprint density at radius 2 is 1.95 bits per heavy atom. The highest BCUT2D eigenvalue weighted by atomic mass is 35.5. The van der Waals surface area contributed by atoms with Gasteiger partial charge >= 0.3 is 0 Å². The number of amides is 1. The number of carbonyl (C=O) groups excluding carboxylic acids is 1. The van der Waals surface area contributed by atoms with Gasteiger partial charge in [0.2, 0.25) is 5.91 Å². The van der Waals surface area contributed by atoms with Crippen LogP contribution < -0.4 is 0 Å². The van der Waals surface area contributed by atoms with Crippen LogP contribution in [0.5, 0.6) is 0 Å². The van der Waals surface area contributed by atoms with E-state index >= 15 is 0 Å². The van der Waals surface area contributed by atoms with Gasteiger partial charge in [0.1, 0.15) is 6.73 Å². The summed E-state index contributed by atoms with van der Waals surface area (Å²) in [5.41, 5.74) is 1.07. The lowest BCUT2D eigenvalue weighted by molar-refractivity contribution is -0.132. The van der Waals surface area contributed by atoms with Gasteiger partial charge in [-0.15, -0.1) is 0 Å². The van der Waals surface area contributed by atoms with Gasteiger partial charge in [0.25, 0.3) is 0 Å². The number of rotatable bonds is 5. The summed E-state index contributed by atoms with van der Waals surface area (Å²) in [4.78, 5) is 13.7. The van der Waals surface area contributed by atoms with Crippen LogP contribution in [0.4, 0.5) is 0 Å². The van der Waals surface area contributed by atoms with E-state index in [1.165, 1.54) is 11.0 Å². The first-order valence-electron chi connectivity index (χ1n) is 7.02. The summed E-state index contributed by atoms with van der Waals surface area (Å²) < 4.78 is 0. The monoisotopic (exact) mass is 293 g/mol. The molecule has 20 heavy (non-hydrogen) atoms. The molecule has 0 spiro atoms. The molecule has 1 aromatic carbocycles. The third kappa shape index (κ3) is 4.09. The van der Waals surface area contributed by atoms with E-state index in [9.17, 15) is 9.90 Å². The van der Waals surface area contributed by atoms with Gasteiger partial charge in [-0.25, -0.2) is 0 Å². The molecule has 0 aromatic heterocycles. The second-order valence-corrected chi connectivity index (χ2v) is 5.63. The molecule has 1 aliphatic carbocycles. The Kier molecular flexibility index (Phi) is 5.62. The van der Waals surface area contributed by atoms with Crippen LogP contribution in [-0.2, 0) is 11.2 Å². The molecule has 0 saturated heterocycles. The number of aliphatic hydroxyl groups excluding tert-OH is 1. The van der Waals surface area contributed by atoms with Crippen molar-refractivity contribution >= 4 is 17.5 Å². The number of hydrogen-bond acceptors (Lipinski definition) is 2. The second kappa shape index (κ2) is 7.46. The molecule has 0 heterocycles. The van der Waals surface area contributed by atoms with Gasteiger partial charge in [-0.05, 0) is 18.4 Å². The zero-order chi connectivity index (χ0) is 14.4. The van der Waals surface area contributed by atoms with Gasteiger partial charge in [0, 0.05) is 23.6 Å². The molecular weight excluding hydrogens is 274 g/mol. The Morgan fingerprint density at radius 1 is 1.30 bits per heavy atom. The third-order valence-electron chi connectivity index (χ3n) is 3.70.